The van der Waals surface area contributed by atoms with Gasteiger partial charge in [0.2, 0.25) is 5.91 Å². The SMILES string of the molecule is C=CC(=O)N1Cc2cccc(B3OC(C)(C)C(C)(C)O3)c2C1. The molecule has 0 N–H and O–H groups in total. The molecule has 1 amide bonds. The van der Waals surface area contributed by atoms with Crippen LogP contribution < -0.4 is 5.46 Å². The molecule has 0 bridgehead atoms. The molecule has 4 nitrogen and oxygen atoms in total. The van der Waals surface area contributed by atoms with Crippen molar-refractivity contribution in [2.75, 3.05) is 0 Å². The van der Waals surface area contributed by atoms with E-state index in [0.717, 1.165) is 16.6 Å². The molecule has 5 heteroatoms. The smallest absolute Gasteiger partial charge is 0.399 e. The Morgan fingerprint density at radius 3 is 2.45 bits per heavy atom. The molecule has 0 spiro atoms. The van der Waals surface area contributed by atoms with Crippen molar-refractivity contribution < 1.29 is 14.1 Å². The molecular formula is C17H22BNO3. The highest BCUT2D eigenvalue weighted by molar-refractivity contribution is 6.62. The van der Waals surface area contributed by atoms with Gasteiger partial charge >= 0.3 is 7.12 Å². The van der Waals surface area contributed by atoms with Crippen LogP contribution in [0.25, 0.3) is 0 Å². The van der Waals surface area contributed by atoms with Gasteiger partial charge in [-0.15, -0.1) is 0 Å². The van der Waals surface area contributed by atoms with Crippen LogP contribution in [0.4, 0.5) is 0 Å². The van der Waals surface area contributed by atoms with Gasteiger partial charge in [0.25, 0.3) is 0 Å². The summed E-state index contributed by atoms with van der Waals surface area (Å²) in [5, 5.41) is 0. The third kappa shape index (κ3) is 2.29. The maximum atomic E-state index is 11.9. The molecule has 1 aromatic carbocycles. The summed E-state index contributed by atoms with van der Waals surface area (Å²) in [7, 11) is -0.390. The molecule has 0 aromatic heterocycles. The number of carbonyl (C=O) groups excluding carboxylic acids is 1. The first-order chi connectivity index (χ1) is 10.2. The largest absolute Gasteiger partial charge is 0.495 e. The van der Waals surface area contributed by atoms with Crippen LogP contribution in [-0.2, 0) is 27.2 Å². The lowest BCUT2D eigenvalue weighted by Crippen LogP contribution is -2.41. The van der Waals surface area contributed by atoms with Crippen LogP contribution in [0.1, 0.15) is 38.8 Å². The Morgan fingerprint density at radius 1 is 1.23 bits per heavy atom. The van der Waals surface area contributed by atoms with E-state index >= 15 is 0 Å². The van der Waals surface area contributed by atoms with Gasteiger partial charge in [0, 0.05) is 13.1 Å². The van der Waals surface area contributed by atoms with Crippen molar-refractivity contribution in [3.8, 4) is 0 Å². The molecule has 0 saturated carbocycles. The molecule has 116 valence electrons. The first kappa shape index (κ1) is 15.3. The van der Waals surface area contributed by atoms with Crippen molar-refractivity contribution in [1.82, 2.24) is 4.90 Å². The van der Waals surface area contributed by atoms with Gasteiger partial charge in [-0.3, -0.25) is 4.79 Å². The van der Waals surface area contributed by atoms with Crippen molar-refractivity contribution >= 4 is 18.5 Å². The number of rotatable bonds is 2. The minimum absolute atomic E-state index is 0.0453. The first-order valence-corrected chi connectivity index (χ1v) is 7.63. The number of carbonyl (C=O) groups is 1. The molecule has 0 radical (unpaired) electrons. The summed E-state index contributed by atoms with van der Waals surface area (Å²) in [6.45, 7) is 12.9. The van der Waals surface area contributed by atoms with E-state index in [1.807, 2.05) is 39.8 Å². The zero-order chi connectivity index (χ0) is 16.1. The van der Waals surface area contributed by atoms with Crippen molar-refractivity contribution in [3.05, 3.63) is 42.0 Å². The van der Waals surface area contributed by atoms with Gasteiger partial charge in [0.1, 0.15) is 0 Å². The minimum Gasteiger partial charge on any atom is -0.399 e. The van der Waals surface area contributed by atoms with Crippen LogP contribution in [0.3, 0.4) is 0 Å². The van der Waals surface area contributed by atoms with Crippen molar-refractivity contribution in [3.63, 3.8) is 0 Å². The van der Waals surface area contributed by atoms with E-state index in [9.17, 15) is 4.79 Å². The zero-order valence-electron chi connectivity index (χ0n) is 13.7. The first-order valence-electron chi connectivity index (χ1n) is 7.63. The number of hydrogen-bond donors (Lipinski definition) is 0. The molecule has 0 atom stereocenters. The van der Waals surface area contributed by atoms with Crippen molar-refractivity contribution in [2.45, 2.75) is 52.0 Å². The van der Waals surface area contributed by atoms with E-state index in [-0.39, 0.29) is 17.1 Å². The van der Waals surface area contributed by atoms with Crippen molar-refractivity contribution in [2.24, 2.45) is 0 Å². The van der Waals surface area contributed by atoms with E-state index in [1.54, 1.807) is 4.90 Å². The van der Waals surface area contributed by atoms with Gasteiger partial charge in [-0.1, -0.05) is 24.8 Å². The molecule has 1 saturated heterocycles. The molecular weight excluding hydrogens is 277 g/mol. The minimum atomic E-state index is -0.390. The molecule has 2 aliphatic rings. The predicted octanol–water partition coefficient (Wildman–Crippen LogP) is 2.01. The monoisotopic (exact) mass is 299 g/mol. The summed E-state index contributed by atoms with van der Waals surface area (Å²) in [4.78, 5) is 13.7. The van der Waals surface area contributed by atoms with Crippen LogP contribution in [-0.4, -0.2) is 29.1 Å². The Balaban J connectivity index is 1.92. The van der Waals surface area contributed by atoms with E-state index in [2.05, 4.69) is 12.6 Å². The Bertz CT molecular complexity index is 623. The van der Waals surface area contributed by atoms with Crippen LogP contribution in [0.5, 0.6) is 0 Å². The van der Waals surface area contributed by atoms with E-state index in [1.165, 1.54) is 6.08 Å². The summed E-state index contributed by atoms with van der Waals surface area (Å²) in [6, 6.07) is 6.09. The quantitative estimate of drug-likeness (QED) is 0.619. The Labute approximate surface area is 132 Å². The van der Waals surface area contributed by atoms with Gasteiger partial charge in [0.05, 0.1) is 11.2 Å². The fourth-order valence-corrected chi connectivity index (χ4v) is 2.92. The zero-order valence-corrected chi connectivity index (χ0v) is 13.7. The number of nitrogens with zero attached hydrogens (tertiary/aromatic N) is 1. The number of fused-ring (bicyclic) bond motifs is 1. The van der Waals surface area contributed by atoms with Gasteiger partial charge in [-0.05, 0) is 50.4 Å². The second-order valence-electron chi connectivity index (χ2n) is 6.97. The average Bonchev–Trinajstić information content (AvgIpc) is 2.96. The Hall–Kier alpha value is -1.59. The topological polar surface area (TPSA) is 38.8 Å². The molecule has 1 aromatic rings. The van der Waals surface area contributed by atoms with Crippen LogP contribution >= 0.6 is 0 Å². The maximum Gasteiger partial charge on any atom is 0.495 e. The maximum absolute atomic E-state index is 11.9. The molecule has 0 unspecified atom stereocenters. The van der Waals surface area contributed by atoms with Gasteiger partial charge in [-0.25, -0.2) is 0 Å². The standard InChI is InChI=1S/C17H22BNO3/c1-6-15(20)19-10-12-8-7-9-14(13(12)11-19)18-21-16(2,3)17(4,5)22-18/h6-9H,1,10-11H2,2-5H3. The fourth-order valence-electron chi connectivity index (χ4n) is 2.92. The summed E-state index contributed by atoms with van der Waals surface area (Å²) in [6.07, 6.45) is 1.36. The summed E-state index contributed by atoms with van der Waals surface area (Å²) in [5.41, 5.74) is 2.58. The third-order valence-electron chi connectivity index (χ3n) is 5.01. The van der Waals surface area contributed by atoms with E-state index in [4.69, 9.17) is 9.31 Å². The van der Waals surface area contributed by atoms with E-state index in [0.29, 0.717) is 13.1 Å². The predicted molar refractivity (Wildman–Crippen MR) is 86.6 cm³/mol. The highest BCUT2D eigenvalue weighted by Crippen LogP contribution is 2.37. The second kappa shape index (κ2) is 4.96. The van der Waals surface area contributed by atoms with Crippen LogP contribution in [0.15, 0.2) is 30.9 Å². The van der Waals surface area contributed by atoms with E-state index < -0.39 is 7.12 Å². The number of benzene rings is 1. The highest BCUT2D eigenvalue weighted by atomic mass is 16.7. The molecule has 2 aliphatic heterocycles. The molecule has 22 heavy (non-hydrogen) atoms. The lowest BCUT2D eigenvalue weighted by atomic mass is 9.75. The van der Waals surface area contributed by atoms with Gasteiger partial charge in [0.15, 0.2) is 0 Å². The molecule has 2 heterocycles. The lowest BCUT2D eigenvalue weighted by molar-refractivity contribution is -0.126. The summed E-state index contributed by atoms with van der Waals surface area (Å²) >= 11 is 0. The third-order valence-corrected chi connectivity index (χ3v) is 5.01. The number of hydrogen-bond acceptors (Lipinski definition) is 3. The normalized spacial score (nSPS) is 21.8. The number of amides is 1. The fraction of sp³-hybridized carbons (Fsp3) is 0.471. The molecule has 0 aliphatic carbocycles. The Morgan fingerprint density at radius 2 is 1.86 bits per heavy atom. The average molecular weight is 299 g/mol. The van der Waals surface area contributed by atoms with Gasteiger partial charge < -0.3 is 14.2 Å². The highest BCUT2D eigenvalue weighted by Gasteiger charge is 2.52. The molecule has 1 fully saturated rings. The summed E-state index contributed by atoms with van der Waals surface area (Å²) < 4.78 is 12.3. The lowest BCUT2D eigenvalue weighted by Gasteiger charge is -2.32. The van der Waals surface area contributed by atoms with Crippen molar-refractivity contribution in [1.29, 1.82) is 0 Å². The summed E-state index contributed by atoms with van der Waals surface area (Å²) in [5.74, 6) is -0.0453. The Kier molecular flexibility index (Phi) is 3.46. The van der Waals surface area contributed by atoms with Crippen LogP contribution in [0.2, 0.25) is 0 Å². The van der Waals surface area contributed by atoms with Gasteiger partial charge in [-0.2, -0.15) is 0 Å². The van der Waals surface area contributed by atoms with Crippen LogP contribution in [0, 0.1) is 0 Å². The molecule has 3 rings (SSSR count). The second-order valence-corrected chi connectivity index (χ2v) is 6.97.